The summed E-state index contributed by atoms with van der Waals surface area (Å²) in [6.07, 6.45) is 44.7. The van der Waals surface area contributed by atoms with Gasteiger partial charge in [0, 0.05) is 6.42 Å². The molecule has 78 heavy (non-hydrogen) atoms. The number of ether oxygens (including phenoxy) is 4. The van der Waals surface area contributed by atoms with E-state index >= 15 is 0 Å². The average Bonchev–Trinajstić information content (AvgIpc) is 3.48. The monoisotopic (exact) mass is 1110 g/mol. The zero-order chi connectivity index (χ0) is 56.7. The van der Waals surface area contributed by atoms with Crippen molar-refractivity contribution in [3.05, 3.63) is 36.5 Å². The summed E-state index contributed by atoms with van der Waals surface area (Å²) in [5.41, 5.74) is 0. The lowest BCUT2D eigenvalue weighted by Gasteiger charge is -2.46. The van der Waals surface area contributed by atoms with E-state index < -0.39 is 86.8 Å². The highest BCUT2D eigenvalue weighted by molar-refractivity contribution is 5.76. The summed E-state index contributed by atoms with van der Waals surface area (Å²) < 4.78 is 22.8. The molecule has 2 saturated heterocycles. The van der Waals surface area contributed by atoms with Crippen LogP contribution in [0.3, 0.4) is 0 Å². The smallest absolute Gasteiger partial charge is 0.220 e. The van der Waals surface area contributed by atoms with Gasteiger partial charge in [-0.05, 0) is 51.4 Å². The third-order valence-corrected chi connectivity index (χ3v) is 15.8. The molecule has 0 aliphatic carbocycles. The zero-order valence-corrected chi connectivity index (χ0v) is 49.4. The maximum atomic E-state index is 13.3. The first-order chi connectivity index (χ1) is 38.1. The molecule has 0 aromatic rings. The Kier molecular flexibility index (Phi) is 46.2. The van der Waals surface area contributed by atoms with E-state index in [0.717, 1.165) is 51.4 Å². The second kappa shape index (κ2) is 49.8. The van der Waals surface area contributed by atoms with Gasteiger partial charge in [0.25, 0.3) is 0 Å². The molecule has 0 spiro atoms. The van der Waals surface area contributed by atoms with Crippen molar-refractivity contribution in [1.29, 1.82) is 0 Å². The number of hydrogen-bond acceptors (Lipinski definition) is 13. The molecule has 12 atom stereocenters. The highest BCUT2D eigenvalue weighted by Crippen LogP contribution is 2.30. The summed E-state index contributed by atoms with van der Waals surface area (Å²) in [6, 6.07) is -0.917. The van der Waals surface area contributed by atoms with Crippen LogP contribution in [0.1, 0.15) is 271 Å². The molecule has 14 heteroatoms. The minimum atomic E-state index is -1.79. The van der Waals surface area contributed by atoms with Gasteiger partial charge in [0.1, 0.15) is 48.8 Å². The standard InChI is InChI=1S/C64H119NO13/c1-3-5-7-9-11-13-15-17-19-21-23-24-25-26-27-28-30-31-33-35-37-39-41-43-45-47-53(68)52(65-56(69)48-46-44-42-40-38-36-34-32-29-22-20-18-16-14-12-10-8-6-4-2)51-75-63-61(74)59(72)62(55(50-67)77-63)78-64-60(73)58(71)57(70)54(49-66)76-64/h12,14,18,20,45,47,52-55,57-64,66-68,70-74H,3-11,13,15-17,19,21-44,46,48-51H2,1-2H3,(H,65,69)/b14-12-,20-18-,47-45+. The van der Waals surface area contributed by atoms with Crippen LogP contribution in [0, 0.1) is 0 Å². The van der Waals surface area contributed by atoms with Gasteiger partial charge in [-0.2, -0.15) is 0 Å². The summed E-state index contributed by atoms with van der Waals surface area (Å²) in [5.74, 6) is -0.241. The van der Waals surface area contributed by atoms with Crippen molar-refractivity contribution in [2.24, 2.45) is 0 Å². The molecular weight excluding hydrogens is 991 g/mol. The first-order valence-corrected chi connectivity index (χ1v) is 32.2. The van der Waals surface area contributed by atoms with Crippen LogP contribution in [0.2, 0.25) is 0 Å². The number of nitrogens with one attached hydrogen (secondary N) is 1. The first kappa shape index (κ1) is 72.3. The molecule has 2 rings (SSSR count). The maximum absolute atomic E-state index is 13.3. The van der Waals surface area contributed by atoms with Crippen LogP contribution in [0.15, 0.2) is 36.5 Å². The number of aliphatic hydroxyl groups excluding tert-OH is 8. The molecule has 2 heterocycles. The van der Waals surface area contributed by atoms with E-state index in [2.05, 4.69) is 43.5 Å². The van der Waals surface area contributed by atoms with Crippen molar-refractivity contribution in [1.82, 2.24) is 5.32 Å². The fourth-order valence-corrected chi connectivity index (χ4v) is 10.6. The van der Waals surface area contributed by atoms with E-state index in [1.807, 2.05) is 6.08 Å². The molecule has 14 nitrogen and oxygen atoms in total. The average molecular weight is 1110 g/mol. The van der Waals surface area contributed by atoms with Crippen LogP contribution in [-0.2, 0) is 23.7 Å². The lowest BCUT2D eigenvalue weighted by atomic mass is 9.97. The molecular formula is C64H119NO13. The predicted molar refractivity (Wildman–Crippen MR) is 314 cm³/mol. The molecule has 0 saturated carbocycles. The van der Waals surface area contributed by atoms with Crippen molar-refractivity contribution in [2.45, 2.75) is 344 Å². The Morgan fingerprint density at radius 1 is 0.462 bits per heavy atom. The first-order valence-electron chi connectivity index (χ1n) is 32.2. The van der Waals surface area contributed by atoms with E-state index in [1.54, 1.807) is 6.08 Å². The van der Waals surface area contributed by atoms with Gasteiger partial charge in [0.05, 0.1) is 32.0 Å². The topological polar surface area (TPSA) is 228 Å². The van der Waals surface area contributed by atoms with Crippen molar-refractivity contribution < 1.29 is 64.6 Å². The summed E-state index contributed by atoms with van der Waals surface area (Å²) in [7, 11) is 0. The molecule has 1 amide bonds. The lowest BCUT2D eigenvalue weighted by molar-refractivity contribution is -0.359. The molecule has 2 aliphatic heterocycles. The lowest BCUT2D eigenvalue weighted by Crippen LogP contribution is -2.65. The third-order valence-electron chi connectivity index (χ3n) is 15.8. The Morgan fingerprint density at radius 3 is 1.31 bits per heavy atom. The van der Waals surface area contributed by atoms with Gasteiger partial charge in [-0.3, -0.25) is 4.79 Å². The zero-order valence-electron chi connectivity index (χ0n) is 49.4. The van der Waals surface area contributed by atoms with Gasteiger partial charge < -0.3 is 65.1 Å². The minimum absolute atomic E-state index is 0.241. The number of carbonyl (C=O) groups is 1. The SMILES string of the molecule is CCCCC/C=C\C/C=C\CCCCCCCCCCCC(=O)NC(COC1OC(CO)C(OC2OC(CO)C(O)C(O)C2O)C(O)C1O)C(O)/C=C/CCCCCCCCCCCCCCCCCCCCCCCCC. The van der Waals surface area contributed by atoms with Gasteiger partial charge in [0.2, 0.25) is 5.91 Å². The Labute approximate surface area is 474 Å². The summed E-state index contributed by atoms with van der Waals surface area (Å²) in [6.45, 7) is 2.80. The number of amides is 1. The molecule has 2 aliphatic rings. The van der Waals surface area contributed by atoms with Gasteiger partial charge in [-0.25, -0.2) is 0 Å². The third kappa shape index (κ3) is 34.6. The Bertz CT molecular complexity index is 1450. The molecule has 0 bridgehead atoms. The fraction of sp³-hybridized carbons (Fsp3) is 0.891. The summed E-state index contributed by atoms with van der Waals surface area (Å²) in [5, 5.41) is 87.3. The van der Waals surface area contributed by atoms with Crippen LogP contribution < -0.4 is 5.32 Å². The molecule has 0 radical (unpaired) electrons. The molecule has 0 aromatic carbocycles. The molecule has 2 fully saturated rings. The van der Waals surface area contributed by atoms with Gasteiger partial charge in [-0.1, -0.05) is 249 Å². The molecule has 458 valence electrons. The van der Waals surface area contributed by atoms with Crippen LogP contribution in [0.4, 0.5) is 0 Å². The summed E-state index contributed by atoms with van der Waals surface area (Å²) >= 11 is 0. The van der Waals surface area contributed by atoms with E-state index in [4.69, 9.17) is 18.9 Å². The van der Waals surface area contributed by atoms with Crippen LogP contribution in [-0.4, -0.2) is 140 Å². The maximum Gasteiger partial charge on any atom is 0.220 e. The van der Waals surface area contributed by atoms with E-state index in [9.17, 15) is 45.6 Å². The van der Waals surface area contributed by atoms with Crippen LogP contribution in [0.25, 0.3) is 0 Å². The number of unbranched alkanes of at least 4 members (excludes halogenated alkanes) is 35. The minimum Gasteiger partial charge on any atom is -0.394 e. The molecule has 12 unspecified atom stereocenters. The van der Waals surface area contributed by atoms with Gasteiger partial charge >= 0.3 is 0 Å². The van der Waals surface area contributed by atoms with Crippen molar-refractivity contribution in [3.8, 4) is 0 Å². The fourth-order valence-electron chi connectivity index (χ4n) is 10.6. The normalized spacial score (nSPS) is 24.7. The molecule has 9 N–H and O–H groups in total. The van der Waals surface area contributed by atoms with Crippen molar-refractivity contribution in [2.75, 3.05) is 19.8 Å². The Balaban J connectivity index is 1.73. The van der Waals surface area contributed by atoms with Crippen LogP contribution in [0.5, 0.6) is 0 Å². The van der Waals surface area contributed by atoms with Crippen LogP contribution >= 0.6 is 0 Å². The quantitative estimate of drug-likeness (QED) is 0.0204. The second-order valence-corrected chi connectivity index (χ2v) is 22.9. The largest absolute Gasteiger partial charge is 0.394 e. The van der Waals surface area contributed by atoms with Crippen molar-refractivity contribution >= 4 is 5.91 Å². The van der Waals surface area contributed by atoms with E-state index in [1.165, 1.54) is 193 Å². The second-order valence-electron chi connectivity index (χ2n) is 22.9. The number of rotatable bonds is 52. The number of hydrogen-bond donors (Lipinski definition) is 9. The number of allylic oxidation sites excluding steroid dienone is 5. The number of carbonyl (C=O) groups excluding carboxylic acids is 1. The van der Waals surface area contributed by atoms with E-state index in [-0.39, 0.29) is 18.9 Å². The number of aliphatic hydroxyl groups is 8. The molecule has 0 aromatic heterocycles. The highest BCUT2D eigenvalue weighted by Gasteiger charge is 2.51. The predicted octanol–water partition coefficient (Wildman–Crippen LogP) is 11.8. The van der Waals surface area contributed by atoms with Crippen molar-refractivity contribution in [3.63, 3.8) is 0 Å². The highest BCUT2D eigenvalue weighted by atomic mass is 16.7. The Morgan fingerprint density at radius 2 is 0.846 bits per heavy atom. The summed E-state index contributed by atoms with van der Waals surface area (Å²) in [4.78, 5) is 13.3. The van der Waals surface area contributed by atoms with Gasteiger partial charge in [0.15, 0.2) is 12.6 Å². The van der Waals surface area contributed by atoms with E-state index in [0.29, 0.717) is 6.42 Å². The Hall–Kier alpha value is -1.79. The van der Waals surface area contributed by atoms with Gasteiger partial charge in [-0.15, -0.1) is 0 Å².